The summed E-state index contributed by atoms with van der Waals surface area (Å²) < 4.78 is 56.8. The summed E-state index contributed by atoms with van der Waals surface area (Å²) in [5.41, 5.74) is -1.39. The monoisotopic (exact) mass is 469 g/mol. The van der Waals surface area contributed by atoms with Crippen LogP contribution in [0.15, 0.2) is 47.3 Å². The number of rotatable bonds is 7. The van der Waals surface area contributed by atoms with Gasteiger partial charge in [-0.1, -0.05) is 18.2 Å². The summed E-state index contributed by atoms with van der Waals surface area (Å²) in [6.07, 6.45) is -3.78. The molecule has 0 aliphatic carbocycles. The first-order valence-electron chi connectivity index (χ1n) is 10.4. The Bertz CT molecular complexity index is 967. The molecule has 0 saturated heterocycles. The predicted molar refractivity (Wildman–Crippen MR) is 111 cm³/mol. The molecule has 1 heterocycles. The fourth-order valence-corrected chi connectivity index (χ4v) is 3.72. The van der Waals surface area contributed by atoms with Gasteiger partial charge in [-0.05, 0) is 39.3 Å². The van der Waals surface area contributed by atoms with E-state index in [9.17, 15) is 27.6 Å². The normalized spacial score (nSPS) is 19.7. The number of alkyl halides is 3. The van der Waals surface area contributed by atoms with E-state index in [1.165, 1.54) is 32.0 Å². The van der Waals surface area contributed by atoms with Crippen molar-refractivity contribution in [2.75, 3.05) is 19.8 Å². The lowest BCUT2D eigenvalue weighted by Crippen LogP contribution is -2.41. The summed E-state index contributed by atoms with van der Waals surface area (Å²) in [6, 6.07) is 4.65. The van der Waals surface area contributed by atoms with Gasteiger partial charge in [0.2, 0.25) is 0 Å². The molecule has 10 heteroatoms. The highest BCUT2D eigenvalue weighted by molar-refractivity contribution is 5.95. The summed E-state index contributed by atoms with van der Waals surface area (Å²) in [7, 11) is 0. The Balaban J connectivity index is 2.86. The molecule has 1 aliphatic rings. The molecule has 2 atom stereocenters. The van der Waals surface area contributed by atoms with E-state index in [1.54, 1.807) is 13.8 Å². The van der Waals surface area contributed by atoms with Crippen molar-refractivity contribution >= 4 is 17.9 Å². The molecular weight excluding hydrogens is 443 g/mol. The highest BCUT2D eigenvalue weighted by Gasteiger charge is 2.47. The van der Waals surface area contributed by atoms with Crippen molar-refractivity contribution in [1.29, 1.82) is 0 Å². The van der Waals surface area contributed by atoms with Crippen LogP contribution in [0.1, 0.15) is 44.7 Å². The zero-order chi connectivity index (χ0) is 24.8. The van der Waals surface area contributed by atoms with Crippen LogP contribution in [0, 0.1) is 5.92 Å². The lowest BCUT2D eigenvalue weighted by atomic mass is 9.73. The third kappa shape index (κ3) is 5.94. The van der Waals surface area contributed by atoms with Gasteiger partial charge in [0.15, 0.2) is 0 Å². The number of ether oxygens (including phenoxy) is 3. The molecule has 0 fully saturated rings. The minimum Gasteiger partial charge on any atom is -0.465 e. The first kappa shape index (κ1) is 26.0. The number of halogens is 3. The maximum absolute atomic E-state index is 13.9. The lowest BCUT2D eigenvalue weighted by molar-refractivity contribution is -0.149. The Morgan fingerprint density at radius 2 is 1.61 bits per heavy atom. The van der Waals surface area contributed by atoms with Gasteiger partial charge in [-0.2, -0.15) is 13.2 Å². The van der Waals surface area contributed by atoms with Crippen LogP contribution in [0.5, 0.6) is 0 Å². The van der Waals surface area contributed by atoms with E-state index in [0.29, 0.717) is 0 Å². The van der Waals surface area contributed by atoms with Crippen LogP contribution in [0.25, 0.3) is 0 Å². The van der Waals surface area contributed by atoms with Crippen molar-refractivity contribution in [3.63, 3.8) is 0 Å². The van der Waals surface area contributed by atoms with Crippen LogP contribution in [-0.4, -0.2) is 37.7 Å². The van der Waals surface area contributed by atoms with Crippen molar-refractivity contribution in [2.45, 2.75) is 39.8 Å². The average Bonchev–Trinajstić information content (AvgIpc) is 2.73. The zero-order valence-corrected chi connectivity index (χ0v) is 18.7. The molecule has 180 valence electrons. The van der Waals surface area contributed by atoms with E-state index in [1.807, 2.05) is 0 Å². The standard InChI is InChI=1S/C23H26F3NO6/c1-5-31-17(28)12-16-20(22(30)33-7-3)19(18(13(4)27-16)21(29)32-6-2)14-10-8-9-11-15(14)23(24,25)26/h8-12,19-20,27H,5-7H2,1-4H3/b16-12-/t19-,20-/m1/s1. The van der Waals surface area contributed by atoms with Crippen molar-refractivity contribution in [3.05, 3.63) is 58.4 Å². The highest BCUT2D eigenvalue weighted by Crippen LogP contribution is 2.46. The number of carbonyl (C=O) groups excluding carboxylic acids is 3. The number of hydrogen-bond acceptors (Lipinski definition) is 7. The number of hydrogen-bond donors (Lipinski definition) is 1. The summed E-state index contributed by atoms with van der Waals surface area (Å²) in [5.74, 6) is -5.47. The Morgan fingerprint density at radius 3 is 2.18 bits per heavy atom. The summed E-state index contributed by atoms with van der Waals surface area (Å²) in [4.78, 5) is 38.0. The molecule has 0 amide bonds. The second kappa shape index (κ2) is 11.0. The van der Waals surface area contributed by atoms with Crippen LogP contribution in [0.3, 0.4) is 0 Å². The molecule has 7 nitrogen and oxygen atoms in total. The van der Waals surface area contributed by atoms with Gasteiger partial charge >= 0.3 is 24.1 Å². The molecule has 0 unspecified atom stereocenters. The van der Waals surface area contributed by atoms with E-state index in [-0.39, 0.29) is 42.4 Å². The molecule has 1 N–H and O–H groups in total. The molecule has 2 rings (SSSR count). The van der Waals surface area contributed by atoms with Crippen molar-refractivity contribution in [3.8, 4) is 0 Å². The van der Waals surface area contributed by atoms with Crippen LogP contribution < -0.4 is 5.32 Å². The summed E-state index contributed by atoms with van der Waals surface area (Å²) in [6.45, 7) is 6.09. The summed E-state index contributed by atoms with van der Waals surface area (Å²) >= 11 is 0. The van der Waals surface area contributed by atoms with Crippen LogP contribution in [0.2, 0.25) is 0 Å². The Morgan fingerprint density at radius 1 is 1.00 bits per heavy atom. The minimum absolute atomic E-state index is 0.0289. The fourth-order valence-electron chi connectivity index (χ4n) is 3.72. The lowest BCUT2D eigenvalue weighted by Gasteiger charge is -2.36. The van der Waals surface area contributed by atoms with Gasteiger partial charge in [0.25, 0.3) is 0 Å². The van der Waals surface area contributed by atoms with Crippen LogP contribution >= 0.6 is 0 Å². The first-order valence-corrected chi connectivity index (χ1v) is 10.4. The number of benzene rings is 1. The molecule has 1 aliphatic heterocycles. The highest BCUT2D eigenvalue weighted by atomic mass is 19.4. The topological polar surface area (TPSA) is 90.9 Å². The Kier molecular flexibility index (Phi) is 8.67. The molecule has 0 radical (unpaired) electrons. The number of allylic oxidation sites excluding steroid dienone is 1. The average molecular weight is 469 g/mol. The maximum Gasteiger partial charge on any atom is 0.416 e. The van der Waals surface area contributed by atoms with E-state index in [2.05, 4.69) is 5.32 Å². The minimum atomic E-state index is -4.76. The SMILES string of the molecule is CCOC(=O)/C=C1\NC(C)=C(C(=O)OCC)[C@@H](c2ccccc2C(F)(F)F)[C@@H]1C(=O)OCC. The molecule has 1 aromatic carbocycles. The summed E-state index contributed by atoms with van der Waals surface area (Å²) in [5, 5.41) is 2.80. The van der Waals surface area contributed by atoms with Gasteiger partial charge in [0, 0.05) is 23.4 Å². The molecular formula is C23H26F3NO6. The van der Waals surface area contributed by atoms with Gasteiger partial charge in [0.05, 0.1) is 31.0 Å². The van der Waals surface area contributed by atoms with Crippen molar-refractivity contribution in [2.24, 2.45) is 5.92 Å². The van der Waals surface area contributed by atoms with E-state index < -0.39 is 41.5 Å². The van der Waals surface area contributed by atoms with Gasteiger partial charge in [0.1, 0.15) is 5.92 Å². The Hall–Kier alpha value is -3.30. The smallest absolute Gasteiger partial charge is 0.416 e. The van der Waals surface area contributed by atoms with Crippen molar-refractivity contribution < 1.29 is 41.8 Å². The van der Waals surface area contributed by atoms with E-state index in [4.69, 9.17) is 14.2 Å². The second-order valence-corrected chi connectivity index (χ2v) is 7.03. The van der Waals surface area contributed by atoms with Gasteiger partial charge < -0.3 is 19.5 Å². The predicted octanol–water partition coefficient (Wildman–Crippen LogP) is 3.86. The Labute approximate surface area is 189 Å². The number of nitrogens with one attached hydrogen (secondary N) is 1. The molecule has 0 aromatic heterocycles. The van der Waals surface area contributed by atoms with Gasteiger partial charge in [-0.3, -0.25) is 4.79 Å². The number of esters is 3. The fraction of sp³-hybridized carbons (Fsp3) is 0.435. The van der Waals surface area contributed by atoms with E-state index in [0.717, 1.165) is 12.1 Å². The first-order chi connectivity index (χ1) is 15.6. The maximum atomic E-state index is 13.9. The van der Waals surface area contributed by atoms with Crippen LogP contribution in [-0.2, 0) is 34.8 Å². The molecule has 0 bridgehead atoms. The second-order valence-electron chi connectivity index (χ2n) is 7.03. The zero-order valence-electron chi connectivity index (χ0n) is 18.7. The van der Waals surface area contributed by atoms with Gasteiger partial charge in [-0.15, -0.1) is 0 Å². The molecule has 33 heavy (non-hydrogen) atoms. The molecule has 0 spiro atoms. The number of carbonyl (C=O) groups is 3. The quantitative estimate of drug-likeness (QED) is 0.368. The third-order valence-corrected chi connectivity index (χ3v) is 4.91. The molecule has 0 saturated carbocycles. The third-order valence-electron chi connectivity index (χ3n) is 4.91. The van der Waals surface area contributed by atoms with Crippen LogP contribution in [0.4, 0.5) is 13.2 Å². The van der Waals surface area contributed by atoms with Crippen molar-refractivity contribution in [1.82, 2.24) is 5.32 Å². The largest absolute Gasteiger partial charge is 0.465 e. The van der Waals surface area contributed by atoms with E-state index >= 15 is 0 Å². The molecule has 1 aromatic rings. The van der Waals surface area contributed by atoms with Gasteiger partial charge in [-0.25, -0.2) is 9.59 Å².